The number of aromatic nitrogens is 1. The minimum atomic E-state index is -0.726. The lowest BCUT2D eigenvalue weighted by Crippen LogP contribution is -2.40. The number of carbonyl (C=O) groups is 1. The van der Waals surface area contributed by atoms with Gasteiger partial charge in [-0.15, -0.1) is 0 Å². The van der Waals surface area contributed by atoms with Gasteiger partial charge in [0.25, 0.3) is 11.5 Å². The highest BCUT2D eigenvalue weighted by Gasteiger charge is 2.27. The van der Waals surface area contributed by atoms with E-state index in [1.807, 2.05) is 19.1 Å². The van der Waals surface area contributed by atoms with Gasteiger partial charge in [0, 0.05) is 18.8 Å². The Kier molecular flexibility index (Phi) is 4.32. The van der Waals surface area contributed by atoms with Crippen molar-refractivity contribution in [3.05, 3.63) is 52.9 Å². The highest BCUT2D eigenvalue weighted by atomic mass is 16.6. The Labute approximate surface area is 133 Å². The Balaban J connectivity index is 1.70. The smallest absolute Gasteiger partial charge is 0.269 e. The molecule has 120 valence electrons. The van der Waals surface area contributed by atoms with E-state index in [4.69, 9.17) is 9.47 Å². The molecule has 2 aromatic rings. The highest BCUT2D eigenvalue weighted by Crippen LogP contribution is 2.31. The van der Waals surface area contributed by atoms with Crippen LogP contribution in [0.25, 0.3) is 0 Å². The standard InChI is InChI=1S/C17H18N2O4/c1-2-9-19-10-12(7-8-16(19)20)18-17(21)15-11-22-13-5-3-4-6-14(13)23-15/h3-8,10,15H,2,9,11H2,1H3,(H,18,21). The Morgan fingerprint density at radius 3 is 2.83 bits per heavy atom. The monoisotopic (exact) mass is 314 g/mol. The van der Waals surface area contributed by atoms with Crippen molar-refractivity contribution in [1.82, 2.24) is 4.57 Å². The van der Waals surface area contributed by atoms with Gasteiger partial charge in [0.15, 0.2) is 11.5 Å². The second-order valence-electron chi connectivity index (χ2n) is 5.30. The quantitative estimate of drug-likeness (QED) is 0.937. The molecule has 1 aromatic heterocycles. The van der Waals surface area contributed by atoms with Gasteiger partial charge in [0.05, 0.1) is 5.69 Å². The summed E-state index contributed by atoms with van der Waals surface area (Å²) in [5.74, 6) is 0.879. The van der Waals surface area contributed by atoms with Crippen molar-refractivity contribution >= 4 is 11.6 Å². The molecule has 1 amide bonds. The average Bonchev–Trinajstić information content (AvgIpc) is 2.57. The fourth-order valence-electron chi connectivity index (χ4n) is 2.39. The number of fused-ring (bicyclic) bond motifs is 1. The maximum Gasteiger partial charge on any atom is 0.269 e. The van der Waals surface area contributed by atoms with Crippen molar-refractivity contribution in [1.29, 1.82) is 0 Å². The molecule has 1 aliphatic heterocycles. The maximum atomic E-state index is 12.3. The number of rotatable bonds is 4. The van der Waals surface area contributed by atoms with Crippen LogP contribution in [0.15, 0.2) is 47.4 Å². The number of amides is 1. The third-order valence-corrected chi connectivity index (χ3v) is 3.52. The zero-order valence-electron chi connectivity index (χ0n) is 12.8. The molecule has 0 aliphatic carbocycles. The number of anilines is 1. The van der Waals surface area contributed by atoms with Gasteiger partial charge in [-0.1, -0.05) is 19.1 Å². The summed E-state index contributed by atoms with van der Waals surface area (Å²) < 4.78 is 12.8. The van der Waals surface area contributed by atoms with Gasteiger partial charge in [-0.2, -0.15) is 0 Å². The molecule has 1 aliphatic rings. The second-order valence-corrected chi connectivity index (χ2v) is 5.30. The molecule has 0 spiro atoms. The minimum absolute atomic E-state index is 0.0870. The Morgan fingerprint density at radius 2 is 2.04 bits per heavy atom. The van der Waals surface area contributed by atoms with Crippen LogP contribution >= 0.6 is 0 Å². The summed E-state index contributed by atoms with van der Waals surface area (Å²) in [6.07, 6.45) is 1.76. The van der Waals surface area contributed by atoms with Gasteiger partial charge in [0.2, 0.25) is 6.10 Å². The first-order valence-corrected chi connectivity index (χ1v) is 7.57. The summed E-state index contributed by atoms with van der Waals surface area (Å²) in [6, 6.07) is 10.3. The molecule has 0 fully saturated rings. The average molecular weight is 314 g/mol. The third-order valence-electron chi connectivity index (χ3n) is 3.52. The summed E-state index contributed by atoms with van der Waals surface area (Å²) in [6.45, 7) is 2.75. The molecule has 6 heteroatoms. The number of carbonyl (C=O) groups excluding carboxylic acids is 1. The van der Waals surface area contributed by atoms with Gasteiger partial charge in [-0.3, -0.25) is 9.59 Å². The summed E-state index contributed by atoms with van der Waals surface area (Å²) in [7, 11) is 0. The van der Waals surface area contributed by atoms with Crippen molar-refractivity contribution in [3.8, 4) is 11.5 Å². The van der Waals surface area contributed by atoms with Crippen molar-refractivity contribution < 1.29 is 14.3 Å². The number of nitrogens with one attached hydrogen (secondary N) is 1. The molecular weight excluding hydrogens is 296 g/mol. The van der Waals surface area contributed by atoms with Crippen LogP contribution in [0.3, 0.4) is 0 Å². The summed E-state index contributed by atoms with van der Waals surface area (Å²) >= 11 is 0. The van der Waals surface area contributed by atoms with E-state index in [1.165, 1.54) is 6.07 Å². The van der Waals surface area contributed by atoms with E-state index in [9.17, 15) is 9.59 Å². The lowest BCUT2D eigenvalue weighted by Gasteiger charge is -2.25. The van der Waals surface area contributed by atoms with Crippen molar-refractivity contribution in [2.45, 2.75) is 26.0 Å². The van der Waals surface area contributed by atoms with Crippen LogP contribution in [0.5, 0.6) is 11.5 Å². The molecule has 1 N–H and O–H groups in total. The molecule has 23 heavy (non-hydrogen) atoms. The molecule has 0 radical (unpaired) electrons. The molecule has 3 rings (SSSR count). The first kappa shape index (κ1) is 15.1. The molecule has 0 bridgehead atoms. The third kappa shape index (κ3) is 3.36. The zero-order valence-corrected chi connectivity index (χ0v) is 12.8. The lowest BCUT2D eigenvalue weighted by molar-refractivity contribution is -0.125. The number of aryl methyl sites for hydroxylation is 1. The predicted molar refractivity (Wildman–Crippen MR) is 86.0 cm³/mol. The fourth-order valence-corrected chi connectivity index (χ4v) is 2.39. The first-order valence-electron chi connectivity index (χ1n) is 7.57. The van der Waals surface area contributed by atoms with Gasteiger partial charge < -0.3 is 19.4 Å². The van der Waals surface area contributed by atoms with Crippen LogP contribution in [0, 0.1) is 0 Å². The number of pyridine rings is 1. The van der Waals surface area contributed by atoms with Crippen LogP contribution in [0.4, 0.5) is 5.69 Å². The number of nitrogens with zero attached hydrogens (tertiary/aromatic N) is 1. The van der Waals surface area contributed by atoms with E-state index in [2.05, 4.69) is 5.32 Å². The van der Waals surface area contributed by atoms with E-state index in [1.54, 1.807) is 29.0 Å². The number of para-hydroxylation sites is 2. The van der Waals surface area contributed by atoms with Gasteiger partial charge in [0.1, 0.15) is 6.61 Å². The topological polar surface area (TPSA) is 69.6 Å². The van der Waals surface area contributed by atoms with Crippen molar-refractivity contribution in [2.75, 3.05) is 11.9 Å². The van der Waals surface area contributed by atoms with Crippen LogP contribution in [0.1, 0.15) is 13.3 Å². The lowest BCUT2D eigenvalue weighted by atomic mass is 10.2. The highest BCUT2D eigenvalue weighted by molar-refractivity contribution is 5.94. The summed E-state index contributed by atoms with van der Waals surface area (Å²) in [5.41, 5.74) is 0.474. The van der Waals surface area contributed by atoms with Gasteiger partial charge in [-0.25, -0.2) is 0 Å². The molecule has 1 aromatic carbocycles. The number of hydrogen-bond acceptors (Lipinski definition) is 4. The van der Waals surface area contributed by atoms with E-state index in [0.29, 0.717) is 23.7 Å². The number of benzene rings is 1. The molecule has 1 unspecified atom stereocenters. The Bertz CT molecular complexity index is 769. The SMILES string of the molecule is CCCn1cc(NC(=O)C2COc3ccccc3O2)ccc1=O. The zero-order chi connectivity index (χ0) is 16.2. The number of hydrogen-bond donors (Lipinski definition) is 1. The van der Waals surface area contributed by atoms with E-state index < -0.39 is 6.10 Å². The minimum Gasteiger partial charge on any atom is -0.485 e. The van der Waals surface area contributed by atoms with E-state index >= 15 is 0 Å². The molecule has 0 saturated carbocycles. The molecule has 1 atom stereocenters. The Morgan fingerprint density at radius 1 is 1.26 bits per heavy atom. The molecule has 6 nitrogen and oxygen atoms in total. The van der Waals surface area contributed by atoms with Crippen LogP contribution < -0.4 is 20.3 Å². The van der Waals surface area contributed by atoms with Crippen LogP contribution in [-0.2, 0) is 11.3 Å². The molecule has 0 saturated heterocycles. The predicted octanol–water partition coefficient (Wildman–Crippen LogP) is 2.04. The summed E-state index contributed by atoms with van der Waals surface area (Å²) in [4.78, 5) is 24.0. The Hall–Kier alpha value is -2.76. The van der Waals surface area contributed by atoms with Gasteiger partial charge in [-0.05, 0) is 24.6 Å². The fraction of sp³-hybridized carbons (Fsp3) is 0.294. The van der Waals surface area contributed by atoms with Crippen LogP contribution in [-0.4, -0.2) is 23.2 Å². The number of ether oxygens (including phenoxy) is 2. The van der Waals surface area contributed by atoms with Gasteiger partial charge >= 0.3 is 0 Å². The van der Waals surface area contributed by atoms with E-state index in [0.717, 1.165) is 6.42 Å². The maximum absolute atomic E-state index is 12.3. The molecular formula is C17H18N2O4. The first-order chi connectivity index (χ1) is 11.2. The normalized spacial score (nSPS) is 16.0. The van der Waals surface area contributed by atoms with E-state index in [-0.39, 0.29) is 18.1 Å². The van der Waals surface area contributed by atoms with Crippen molar-refractivity contribution in [3.63, 3.8) is 0 Å². The van der Waals surface area contributed by atoms with Crippen molar-refractivity contribution in [2.24, 2.45) is 0 Å². The summed E-state index contributed by atoms with van der Waals surface area (Å²) in [5, 5.41) is 2.76. The molecule has 2 heterocycles. The second kappa shape index (κ2) is 6.56. The van der Waals surface area contributed by atoms with Crippen LogP contribution in [0.2, 0.25) is 0 Å². The largest absolute Gasteiger partial charge is 0.485 e.